The number of benzene rings is 1. The molecule has 1 N–H and O–H groups in total. The molecular formula is C23H34N2O. The first-order chi connectivity index (χ1) is 12.7. The lowest BCUT2D eigenvalue weighted by molar-refractivity contribution is -0.119. The Morgan fingerprint density at radius 3 is 2.38 bits per heavy atom. The molecule has 0 radical (unpaired) electrons. The molecule has 3 nitrogen and oxygen atoms in total. The van der Waals surface area contributed by atoms with E-state index in [1.54, 1.807) is 6.92 Å². The van der Waals surface area contributed by atoms with Gasteiger partial charge in [-0.3, -0.25) is 4.79 Å². The summed E-state index contributed by atoms with van der Waals surface area (Å²) in [5.74, 6) is 0.0915. The molecule has 0 bridgehead atoms. The molecule has 1 aliphatic heterocycles. The molecule has 26 heavy (non-hydrogen) atoms. The Bertz CT molecular complexity index is 625. The smallest absolute Gasteiger partial charge is 0.217 e. The molecule has 142 valence electrons. The molecule has 1 saturated heterocycles. The van der Waals surface area contributed by atoms with Crippen LogP contribution in [0.25, 0.3) is 0 Å². The van der Waals surface area contributed by atoms with Crippen LogP contribution in [0.2, 0.25) is 0 Å². The van der Waals surface area contributed by atoms with Gasteiger partial charge >= 0.3 is 0 Å². The minimum Gasteiger partial charge on any atom is -0.349 e. The van der Waals surface area contributed by atoms with Crippen molar-refractivity contribution in [3.63, 3.8) is 0 Å². The number of hydrogen-bond acceptors (Lipinski definition) is 2. The second-order valence-corrected chi connectivity index (χ2v) is 8.86. The van der Waals surface area contributed by atoms with Gasteiger partial charge in [0.05, 0.1) is 6.04 Å². The minimum atomic E-state index is 0.0915. The number of hydrogen-bond donors (Lipinski definition) is 1. The minimum absolute atomic E-state index is 0.0915. The van der Waals surface area contributed by atoms with Crippen LogP contribution < -0.4 is 5.32 Å². The molecule has 2 aliphatic carbocycles. The van der Waals surface area contributed by atoms with Crippen molar-refractivity contribution in [2.75, 3.05) is 13.1 Å². The molecule has 1 aromatic rings. The lowest BCUT2D eigenvalue weighted by Crippen LogP contribution is -2.46. The Balaban J connectivity index is 1.47. The summed E-state index contributed by atoms with van der Waals surface area (Å²) >= 11 is 0. The third-order valence-electron chi connectivity index (χ3n) is 7.23. The first-order valence-electron chi connectivity index (χ1n) is 10.8. The summed E-state index contributed by atoms with van der Waals surface area (Å²) in [5.41, 5.74) is 3.15. The molecule has 3 heteroatoms. The van der Waals surface area contributed by atoms with E-state index in [0.717, 1.165) is 12.5 Å². The number of carbonyl (C=O) groups is 1. The van der Waals surface area contributed by atoms with Crippen molar-refractivity contribution in [3.05, 3.63) is 35.4 Å². The highest BCUT2D eigenvalue weighted by atomic mass is 16.1. The van der Waals surface area contributed by atoms with Crippen molar-refractivity contribution in [1.29, 1.82) is 0 Å². The van der Waals surface area contributed by atoms with Crippen LogP contribution in [0, 0.1) is 0 Å². The van der Waals surface area contributed by atoms with Gasteiger partial charge in [-0.25, -0.2) is 0 Å². The van der Waals surface area contributed by atoms with Crippen LogP contribution in [0.1, 0.15) is 88.3 Å². The fourth-order valence-corrected chi connectivity index (χ4v) is 5.86. The van der Waals surface area contributed by atoms with Crippen LogP contribution in [-0.4, -0.2) is 29.9 Å². The van der Waals surface area contributed by atoms with Gasteiger partial charge < -0.3 is 10.2 Å². The van der Waals surface area contributed by atoms with E-state index in [0.29, 0.717) is 0 Å². The number of fused-ring (bicyclic) bond motifs is 2. The number of rotatable bonds is 2. The molecule has 1 spiro atoms. The molecule has 4 rings (SSSR count). The van der Waals surface area contributed by atoms with Crippen LogP contribution >= 0.6 is 0 Å². The van der Waals surface area contributed by atoms with Crippen LogP contribution in [0.15, 0.2) is 24.3 Å². The molecule has 1 atom stereocenters. The molecule has 0 aromatic heterocycles. The highest BCUT2D eigenvalue weighted by Gasteiger charge is 2.46. The lowest BCUT2D eigenvalue weighted by atomic mass is 9.73. The van der Waals surface area contributed by atoms with Crippen molar-refractivity contribution in [2.24, 2.45) is 0 Å². The highest BCUT2D eigenvalue weighted by Crippen LogP contribution is 2.51. The van der Waals surface area contributed by atoms with E-state index in [1.165, 1.54) is 82.0 Å². The summed E-state index contributed by atoms with van der Waals surface area (Å²) in [5, 5.41) is 3.21. The molecule has 0 unspecified atom stereocenters. The fourth-order valence-electron chi connectivity index (χ4n) is 5.86. The zero-order chi connectivity index (χ0) is 18.0. The summed E-state index contributed by atoms with van der Waals surface area (Å²) < 4.78 is 0. The fraction of sp³-hybridized carbons (Fsp3) is 0.696. The van der Waals surface area contributed by atoms with E-state index in [1.807, 2.05) is 0 Å². The van der Waals surface area contributed by atoms with E-state index in [2.05, 4.69) is 34.5 Å². The summed E-state index contributed by atoms with van der Waals surface area (Å²) in [6.07, 6.45) is 13.5. The maximum atomic E-state index is 11.7. The zero-order valence-electron chi connectivity index (χ0n) is 16.3. The van der Waals surface area contributed by atoms with Gasteiger partial charge in [-0.1, -0.05) is 56.4 Å². The van der Waals surface area contributed by atoms with Crippen molar-refractivity contribution >= 4 is 5.91 Å². The van der Waals surface area contributed by atoms with Gasteiger partial charge in [-0.15, -0.1) is 0 Å². The molecule has 1 saturated carbocycles. The van der Waals surface area contributed by atoms with Gasteiger partial charge in [0.25, 0.3) is 0 Å². The standard InChI is InChI=1S/C23H34N2O/c1-18(26)24-22-17-23(21-12-8-7-11-20(21)22)13-15-25(16-14-23)19-9-5-3-2-4-6-10-19/h7-8,11-12,19,22H,2-6,9-10,13-17H2,1H3,(H,24,26)/t22-/m0/s1. The quantitative estimate of drug-likeness (QED) is 0.834. The summed E-state index contributed by atoms with van der Waals surface area (Å²) in [4.78, 5) is 14.5. The van der Waals surface area contributed by atoms with Crippen LogP contribution in [0.4, 0.5) is 0 Å². The van der Waals surface area contributed by atoms with Gasteiger partial charge in [0.2, 0.25) is 5.91 Å². The zero-order valence-corrected chi connectivity index (χ0v) is 16.3. The molecule has 3 aliphatic rings. The van der Waals surface area contributed by atoms with E-state index in [-0.39, 0.29) is 17.4 Å². The number of nitrogens with zero attached hydrogens (tertiary/aromatic N) is 1. The van der Waals surface area contributed by atoms with Crippen molar-refractivity contribution in [3.8, 4) is 0 Å². The third-order valence-corrected chi connectivity index (χ3v) is 7.23. The SMILES string of the molecule is CC(=O)N[C@H]1CC2(CCN(C3CCCCCCC3)CC2)c2ccccc21. The largest absolute Gasteiger partial charge is 0.349 e. The Hall–Kier alpha value is -1.35. The van der Waals surface area contributed by atoms with E-state index < -0.39 is 0 Å². The maximum Gasteiger partial charge on any atom is 0.217 e. The summed E-state index contributed by atoms with van der Waals surface area (Å²) in [6, 6.07) is 9.87. The Labute approximate surface area is 158 Å². The number of piperidine rings is 1. The Morgan fingerprint density at radius 2 is 1.69 bits per heavy atom. The average molecular weight is 355 g/mol. The Kier molecular flexibility index (Phi) is 5.35. The van der Waals surface area contributed by atoms with Gasteiger partial charge in [0, 0.05) is 18.4 Å². The van der Waals surface area contributed by atoms with E-state index in [4.69, 9.17) is 0 Å². The van der Waals surface area contributed by atoms with Crippen LogP contribution in [0.5, 0.6) is 0 Å². The highest BCUT2D eigenvalue weighted by molar-refractivity contribution is 5.73. The van der Waals surface area contributed by atoms with Crippen molar-refractivity contribution in [1.82, 2.24) is 10.2 Å². The average Bonchev–Trinajstić information content (AvgIpc) is 2.89. The van der Waals surface area contributed by atoms with Gasteiger partial charge in [-0.2, -0.15) is 0 Å². The number of likely N-dealkylation sites (tertiary alicyclic amines) is 1. The molecule has 1 aromatic carbocycles. The van der Waals surface area contributed by atoms with Crippen LogP contribution in [-0.2, 0) is 10.2 Å². The van der Waals surface area contributed by atoms with Crippen molar-refractivity contribution in [2.45, 2.75) is 88.6 Å². The van der Waals surface area contributed by atoms with E-state index in [9.17, 15) is 4.79 Å². The van der Waals surface area contributed by atoms with Gasteiger partial charge in [-0.05, 0) is 56.3 Å². The first kappa shape index (κ1) is 18.0. The van der Waals surface area contributed by atoms with Crippen LogP contribution in [0.3, 0.4) is 0 Å². The topological polar surface area (TPSA) is 32.3 Å². The predicted molar refractivity (Wildman–Crippen MR) is 106 cm³/mol. The molecule has 2 fully saturated rings. The van der Waals surface area contributed by atoms with Gasteiger partial charge in [0.1, 0.15) is 0 Å². The molecule has 1 heterocycles. The summed E-state index contributed by atoms with van der Waals surface area (Å²) in [6.45, 7) is 4.10. The third kappa shape index (κ3) is 3.55. The van der Waals surface area contributed by atoms with Gasteiger partial charge in [0.15, 0.2) is 0 Å². The first-order valence-corrected chi connectivity index (χ1v) is 10.8. The number of amides is 1. The molecule has 1 amide bonds. The second kappa shape index (κ2) is 7.72. The normalized spacial score (nSPS) is 26.9. The summed E-state index contributed by atoms with van der Waals surface area (Å²) in [7, 11) is 0. The monoisotopic (exact) mass is 354 g/mol. The number of nitrogens with one attached hydrogen (secondary N) is 1. The maximum absolute atomic E-state index is 11.7. The second-order valence-electron chi connectivity index (χ2n) is 8.86. The van der Waals surface area contributed by atoms with Crippen molar-refractivity contribution < 1.29 is 4.79 Å². The predicted octanol–water partition coefficient (Wildman–Crippen LogP) is 4.71. The lowest BCUT2D eigenvalue weighted by Gasteiger charge is -2.44. The number of carbonyl (C=O) groups excluding carboxylic acids is 1. The molecular weight excluding hydrogens is 320 g/mol. The van der Waals surface area contributed by atoms with E-state index >= 15 is 0 Å². The Morgan fingerprint density at radius 1 is 1.04 bits per heavy atom.